The van der Waals surface area contributed by atoms with E-state index in [2.05, 4.69) is 21.3 Å². The summed E-state index contributed by atoms with van der Waals surface area (Å²) in [6.45, 7) is 7.95. The minimum Gasteiger partial charge on any atom is -0.447 e. The van der Waals surface area contributed by atoms with Crippen LogP contribution >= 0.6 is 0 Å². The summed E-state index contributed by atoms with van der Waals surface area (Å²) >= 11 is 0. The third-order valence-electron chi connectivity index (χ3n) is 6.94. The average Bonchev–Trinajstić information content (AvgIpc) is 3.71. The third kappa shape index (κ3) is 4.87. The van der Waals surface area contributed by atoms with Crippen molar-refractivity contribution in [3.8, 4) is 0 Å². The van der Waals surface area contributed by atoms with Gasteiger partial charge < -0.3 is 28.4 Å². The van der Waals surface area contributed by atoms with Crippen molar-refractivity contribution in [2.24, 2.45) is 0 Å². The predicted octanol–water partition coefficient (Wildman–Crippen LogP) is -0.699. The lowest BCUT2D eigenvalue weighted by atomic mass is 10.00. The smallest absolute Gasteiger partial charge is 0.339 e. The lowest BCUT2D eigenvalue weighted by Gasteiger charge is -2.39. The molecule has 4 aliphatic rings. The monoisotopic (exact) mass is 506 g/mol. The van der Waals surface area contributed by atoms with Crippen LogP contribution in [-0.4, -0.2) is 101 Å². The van der Waals surface area contributed by atoms with Gasteiger partial charge in [0.15, 0.2) is 36.1 Å². The Hall–Kier alpha value is -2.16. The fraction of sp³-hybridized carbons (Fsp3) is 0.667. The van der Waals surface area contributed by atoms with Crippen LogP contribution in [0.2, 0.25) is 0 Å². The van der Waals surface area contributed by atoms with Crippen LogP contribution in [-0.2, 0) is 28.4 Å². The van der Waals surface area contributed by atoms with Crippen molar-refractivity contribution >= 4 is 11.9 Å². The van der Waals surface area contributed by atoms with Crippen LogP contribution in [0.4, 0.5) is 0 Å². The number of rotatable bonds is 8. The molecule has 36 heavy (non-hydrogen) atoms. The second-order valence-corrected chi connectivity index (χ2v) is 9.51. The normalized spacial score (nSPS) is 31.6. The maximum absolute atomic E-state index is 13.5. The van der Waals surface area contributed by atoms with Gasteiger partial charge in [-0.05, 0) is 26.0 Å². The molecule has 4 saturated heterocycles. The van der Waals surface area contributed by atoms with Crippen molar-refractivity contribution in [1.29, 1.82) is 0 Å². The number of ether oxygens (including phenoxy) is 6. The van der Waals surface area contributed by atoms with Gasteiger partial charge >= 0.3 is 11.9 Å². The molecular formula is C24H34N4O8. The summed E-state index contributed by atoms with van der Waals surface area (Å²) in [5, 5.41) is 12.8. The van der Waals surface area contributed by atoms with E-state index in [1.165, 1.54) is 12.1 Å². The molecule has 1 aromatic carbocycles. The topological polar surface area (TPSA) is 138 Å². The molecule has 4 fully saturated rings. The Balaban J connectivity index is 1.38. The lowest BCUT2D eigenvalue weighted by Crippen LogP contribution is -2.61. The summed E-state index contributed by atoms with van der Waals surface area (Å²) in [6.07, 6.45) is -2.29. The van der Waals surface area contributed by atoms with E-state index in [9.17, 15) is 9.59 Å². The number of benzene rings is 1. The molecule has 4 atom stereocenters. The summed E-state index contributed by atoms with van der Waals surface area (Å²) < 4.78 is 35.2. The molecule has 0 aliphatic carbocycles. The Labute approximate surface area is 209 Å². The van der Waals surface area contributed by atoms with Crippen molar-refractivity contribution in [2.45, 2.75) is 50.0 Å². The minimum atomic E-state index is -1.18. The van der Waals surface area contributed by atoms with E-state index in [1.54, 1.807) is 26.0 Å². The van der Waals surface area contributed by atoms with E-state index in [0.29, 0.717) is 52.6 Å². The highest BCUT2D eigenvalue weighted by atomic mass is 16.6. The molecule has 0 spiro atoms. The van der Waals surface area contributed by atoms with Crippen molar-refractivity contribution in [3.05, 3.63) is 35.4 Å². The molecule has 5 rings (SSSR count). The Morgan fingerprint density at radius 2 is 0.972 bits per heavy atom. The van der Waals surface area contributed by atoms with Crippen LogP contribution in [0.25, 0.3) is 0 Å². The Kier molecular flexibility index (Phi) is 7.56. The van der Waals surface area contributed by atoms with Crippen LogP contribution in [0.5, 0.6) is 0 Å². The lowest BCUT2D eigenvalue weighted by molar-refractivity contribution is -0.160. The highest BCUT2D eigenvalue weighted by Crippen LogP contribution is 2.31. The quantitative estimate of drug-likeness (QED) is 0.332. The fourth-order valence-electron chi connectivity index (χ4n) is 5.01. The Bertz CT molecular complexity index is 831. The zero-order valence-electron chi connectivity index (χ0n) is 20.5. The molecule has 4 N–H and O–H groups in total. The van der Waals surface area contributed by atoms with E-state index in [-0.39, 0.29) is 11.1 Å². The van der Waals surface area contributed by atoms with Gasteiger partial charge in [-0.2, -0.15) is 0 Å². The molecule has 0 amide bonds. The first-order valence-electron chi connectivity index (χ1n) is 12.4. The summed E-state index contributed by atoms with van der Waals surface area (Å²) in [6, 6.07) is 6.41. The largest absolute Gasteiger partial charge is 0.447 e. The Morgan fingerprint density at radius 3 is 1.22 bits per heavy atom. The van der Waals surface area contributed by atoms with Gasteiger partial charge in [0.2, 0.25) is 0 Å². The highest BCUT2D eigenvalue weighted by Gasteiger charge is 2.51. The molecule has 198 valence electrons. The molecule has 0 bridgehead atoms. The highest BCUT2D eigenvalue weighted by molar-refractivity contribution is 6.03. The maximum Gasteiger partial charge on any atom is 0.339 e. The van der Waals surface area contributed by atoms with Crippen molar-refractivity contribution in [1.82, 2.24) is 21.3 Å². The molecule has 0 radical (unpaired) electrons. The standard InChI is InChI=1S/C24H34N4O8/c1-23(19-25-7-11-31-19,20-26-8-12-32-20)35-17(29)15-5-3-4-6-16(15)18(30)36-24(2,21-27-9-13-33-21)22-28-10-14-34-22/h3-6,19-22,25-28H,7-14H2,1-2H3. The number of carbonyl (C=O) groups excluding carboxylic acids is 2. The molecule has 12 nitrogen and oxygen atoms in total. The van der Waals surface area contributed by atoms with Gasteiger partial charge in [0.1, 0.15) is 0 Å². The van der Waals surface area contributed by atoms with Crippen molar-refractivity contribution in [3.63, 3.8) is 0 Å². The molecular weight excluding hydrogens is 472 g/mol. The molecule has 4 aliphatic heterocycles. The van der Waals surface area contributed by atoms with Crippen LogP contribution in [0.1, 0.15) is 34.6 Å². The van der Waals surface area contributed by atoms with Crippen molar-refractivity contribution in [2.75, 3.05) is 52.6 Å². The third-order valence-corrected chi connectivity index (χ3v) is 6.94. The van der Waals surface area contributed by atoms with E-state index in [0.717, 1.165) is 0 Å². The summed E-state index contributed by atoms with van der Waals surface area (Å²) in [4.78, 5) is 27.0. The van der Waals surface area contributed by atoms with E-state index in [1.807, 2.05) is 0 Å². The van der Waals surface area contributed by atoms with Crippen LogP contribution in [0.15, 0.2) is 24.3 Å². The minimum absolute atomic E-state index is 0.0765. The van der Waals surface area contributed by atoms with Gasteiger partial charge in [-0.25, -0.2) is 9.59 Å². The van der Waals surface area contributed by atoms with Gasteiger partial charge in [-0.3, -0.25) is 21.3 Å². The first-order valence-corrected chi connectivity index (χ1v) is 12.4. The first-order chi connectivity index (χ1) is 17.4. The van der Waals surface area contributed by atoms with Gasteiger partial charge in [0.05, 0.1) is 37.6 Å². The molecule has 4 heterocycles. The number of carbonyl (C=O) groups is 2. The fourth-order valence-corrected chi connectivity index (χ4v) is 5.01. The zero-order chi connectivity index (χ0) is 25.2. The van der Waals surface area contributed by atoms with E-state index in [4.69, 9.17) is 28.4 Å². The number of esters is 2. The van der Waals surface area contributed by atoms with Gasteiger partial charge in [-0.1, -0.05) is 12.1 Å². The van der Waals surface area contributed by atoms with Crippen LogP contribution in [0, 0.1) is 0 Å². The predicted molar refractivity (Wildman–Crippen MR) is 125 cm³/mol. The van der Waals surface area contributed by atoms with Crippen LogP contribution in [0.3, 0.4) is 0 Å². The summed E-state index contributed by atoms with van der Waals surface area (Å²) in [5.74, 6) is -1.38. The number of nitrogens with one attached hydrogen (secondary N) is 4. The Morgan fingerprint density at radius 1 is 0.667 bits per heavy atom. The second kappa shape index (κ2) is 10.7. The van der Waals surface area contributed by atoms with Crippen LogP contribution < -0.4 is 21.3 Å². The summed E-state index contributed by atoms with van der Waals surface area (Å²) in [5.41, 5.74) is -2.21. The van der Waals surface area contributed by atoms with Gasteiger partial charge in [0.25, 0.3) is 0 Å². The maximum atomic E-state index is 13.5. The molecule has 1 aromatic rings. The second-order valence-electron chi connectivity index (χ2n) is 9.51. The molecule has 0 aromatic heterocycles. The van der Waals surface area contributed by atoms with E-state index >= 15 is 0 Å². The number of hydrogen-bond donors (Lipinski definition) is 4. The zero-order valence-corrected chi connectivity index (χ0v) is 20.5. The average molecular weight is 507 g/mol. The van der Waals surface area contributed by atoms with Gasteiger partial charge in [-0.15, -0.1) is 0 Å². The van der Waals surface area contributed by atoms with Crippen molar-refractivity contribution < 1.29 is 38.0 Å². The molecule has 4 unspecified atom stereocenters. The first kappa shape index (κ1) is 25.5. The SMILES string of the molecule is CC(OC(=O)c1ccccc1C(=O)OC(C)(C1NCCO1)C1NCCO1)(C1NCCO1)C1NCCO1. The molecule has 12 heteroatoms. The number of hydrogen-bond acceptors (Lipinski definition) is 12. The summed E-state index contributed by atoms with van der Waals surface area (Å²) in [7, 11) is 0. The molecule has 0 saturated carbocycles. The van der Waals surface area contributed by atoms with E-state index < -0.39 is 48.1 Å². The van der Waals surface area contributed by atoms with Gasteiger partial charge in [0, 0.05) is 26.2 Å².